The van der Waals surface area contributed by atoms with Crippen molar-refractivity contribution in [2.75, 3.05) is 18.9 Å². The van der Waals surface area contributed by atoms with E-state index in [0.29, 0.717) is 0 Å². The number of hydrogen-bond donors (Lipinski definition) is 4. The topological polar surface area (TPSA) is 181 Å². The summed E-state index contributed by atoms with van der Waals surface area (Å²) < 4.78 is 28.3. The molecule has 1 aromatic rings. The summed E-state index contributed by atoms with van der Waals surface area (Å²) in [4.78, 5) is 36.3. The average Bonchev–Trinajstić information content (AvgIpc) is 2.92. The number of carbonyl (C=O) groups is 1. The van der Waals surface area contributed by atoms with Crippen molar-refractivity contribution in [2.24, 2.45) is 5.73 Å². The number of anilines is 1. The minimum absolute atomic E-state index is 0.00626. The fourth-order valence-electron chi connectivity index (χ4n) is 2.01. The molecule has 1 aliphatic heterocycles. The Kier molecular flexibility index (Phi) is 6.27. The van der Waals surface area contributed by atoms with Gasteiger partial charge in [-0.2, -0.15) is 4.98 Å². The SMILES string of the molecule is C[C@H](N)CC(=O)NP(=O)(O)OC[C@H]1OC[C@@H](n2ccc(N)nc2=O)O1. The fourth-order valence-corrected chi connectivity index (χ4v) is 2.81. The second kappa shape index (κ2) is 8.04. The summed E-state index contributed by atoms with van der Waals surface area (Å²) in [5.74, 6) is -0.643. The molecule has 25 heavy (non-hydrogen) atoms. The maximum absolute atomic E-state index is 11.8. The molecule has 1 amide bonds. The van der Waals surface area contributed by atoms with Crippen LogP contribution in [0.2, 0.25) is 0 Å². The van der Waals surface area contributed by atoms with Crippen LogP contribution in [-0.2, 0) is 23.4 Å². The number of aromatic nitrogens is 2. The second-order valence-corrected chi connectivity index (χ2v) is 6.95. The number of carbonyl (C=O) groups excluding carboxylic acids is 1. The van der Waals surface area contributed by atoms with E-state index < -0.39 is 44.5 Å². The first-order chi connectivity index (χ1) is 11.7. The quantitative estimate of drug-likeness (QED) is 0.415. The lowest BCUT2D eigenvalue weighted by Crippen LogP contribution is -2.30. The van der Waals surface area contributed by atoms with Gasteiger partial charge in [-0.05, 0) is 13.0 Å². The molecule has 6 N–H and O–H groups in total. The minimum atomic E-state index is -4.38. The Bertz CT molecular complexity index is 724. The molecule has 0 radical (unpaired) electrons. The Morgan fingerprint density at radius 2 is 2.40 bits per heavy atom. The Morgan fingerprint density at radius 3 is 3.04 bits per heavy atom. The number of rotatable bonds is 7. The van der Waals surface area contributed by atoms with Gasteiger partial charge < -0.3 is 25.8 Å². The maximum Gasteiger partial charge on any atom is 0.432 e. The lowest BCUT2D eigenvalue weighted by atomic mass is 10.2. The van der Waals surface area contributed by atoms with Crippen molar-refractivity contribution in [1.82, 2.24) is 14.6 Å². The van der Waals surface area contributed by atoms with E-state index in [4.69, 9.17) is 25.5 Å². The Morgan fingerprint density at radius 1 is 1.68 bits per heavy atom. The van der Waals surface area contributed by atoms with E-state index in [0.717, 1.165) is 0 Å². The summed E-state index contributed by atoms with van der Waals surface area (Å²) in [6.45, 7) is 1.16. The van der Waals surface area contributed by atoms with E-state index >= 15 is 0 Å². The minimum Gasteiger partial charge on any atom is -0.383 e. The average molecular weight is 377 g/mol. The van der Waals surface area contributed by atoms with Gasteiger partial charge in [0.15, 0.2) is 12.5 Å². The van der Waals surface area contributed by atoms with Crippen molar-refractivity contribution in [2.45, 2.75) is 31.9 Å². The zero-order valence-electron chi connectivity index (χ0n) is 13.4. The highest BCUT2D eigenvalue weighted by Crippen LogP contribution is 2.37. The summed E-state index contributed by atoms with van der Waals surface area (Å²) in [6, 6.07) is 0.957. The second-order valence-electron chi connectivity index (χ2n) is 5.43. The van der Waals surface area contributed by atoms with Gasteiger partial charge in [-0.1, -0.05) is 0 Å². The van der Waals surface area contributed by atoms with Crippen molar-refractivity contribution in [3.8, 4) is 0 Å². The van der Waals surface area contributed by atoms with Gasteiger partial charge in [-0.25, -0.2) is 9.36 Å². The van der Waals surface area contributed by atoms with Crippen LogP contribution in [-0.4, -0.2) is 45.9 Å². The molecule has 2 heterocycles. The summed E-state index contributed by atoms with van der Waals surface area (Å²) in [5.41, 5.74) is 10.2. The lowest BCUT2D eigenvalue weighted by Gasteiger charge is -2.17. The van der Waals surface area contributed by atoms with Crippen LogP contribution in [0.5, 0.6) is 0 Å². The van der Waals surface area contributed by atoms with Gasteiger partial charge in [0.2, 0.25) is 5.91 Å². The first-order valence-electron chi connectivity index (χ1n) is 7.32. The van der Waals surface area contributed by atoms with Gasteiger partial charge in [-0.3, -0.25) is 19.0 Å². The van der Waals surface area contributed by atoms with Gasteiger partial charge in [-0.15, -0.1) is 0 Å². The fraction of sp³-hybridized carbons (Fsp3) is 0.583. The largest absolute Gasteiger partial charge is 0.432 e. The van der Waals surface area contributed by atoms with Crippen LogP contribution in [0.4, 0.5) is 5.82 Å². The van der Waals surface area contributed by atoms with E-state index in [1.165, 1.54) is 16.8 Å². The molecule has 140 valence electrons. The maximum atomic E-state index is 11.8. The molecule has 0 spiro atoms. The van der Waals surface area contributed by atoms with Crippen molar-refractivity contribution >= 4 is 19.5 Å². The Labute approximate surface area is 142 Å². The first kappa shape index (κ1) is 19.5. The van der Waals surface area contributed by atoms with Crippen molar-refractivity contribution < 1.29 is 28.3 Å². The molecule has 4 atom stereocenters. The molecule has 1 fully saturated rings. The molecule has 2 rings (SSSR count). The van der Waals surface area contributed by atoms with Gasteiger partial charge in [0, 0.05) is 18.7 Å². The molecular weight excluding hydrogens is 357 g/mol. The highest BCUT2D eigenvalue weighted by molar-refractivity contribution is 7.51. The molecule has 1 unspecified atom stereocenters. The van der Waals surface area contributed by atoms with Crippen molar-refractivity contribution in [3.63, 3.8) is 0 Å². The van der Waals surface area contributed by atoms with Crippen LogP contribution in [0.3, 0.4) is 0 Å². The van der Waals surface area contributed by atoms with Gasteiger partial charge in [0.05, 0.1) is 6.61 Å². The smallest absolute Gasteiger partial charge is 0.383 e. The summed E-state index contributed by atoms with van der Waals surface area (Å²) >= 11 is 0. The lowest BCUT2D eigenvalue weighted by molar-refractivity contribution is -0.120. The normalized spacial score (nSPS) is 23.8. The number of hydrogen-bond acceptors (Lipinski definition) is 9. The standard InChI is InChI=1S/C12H20N5O7P/c1-7(13)4-9(18)16-25(20,21)23-6-11-22-5-10(24-11)17-3-2-8(14)15-12(17)19/h2-3,7,10-11H,4-6,13H2,1H3,(H2,14,15,19)(H2,16,18,20,21)/t7-,10-,11-/m0/s1. The van der Waals surface area contributed by atoms with Crippen LogP contribution < -0.4 is 22.2 Å². The Balaban J connectivity index is 1.85. The number of ether oxygens (including phenoxy) is 2. The summed E-state index contributed by atoms with van der Waals surface area (Å²) in [6.07, 6.45) is -0.507. The Hall–Kier alpha value is -1.82. The third-order valence-electron chi connectivity index (χ3n) is 3.05. The van der Waals surface area contributed by atoms with Crippen LogP contribution in [0.1, 0.15) is 19.6 Å². The highest BCUT2D eigenvalue weighted by Gasteiger charge is 2.31. The molecule has 0 aliphatic carbocycles. The number of nitrogen functional groups attached to an aromatic ring is 1. The molecular formula is C12H20N5O7P. The number of nitrogens with one attached hydrogen (secondary N) is 1. The highest BCUT2D eigenvalue weighted by atomic mass is 31.2. The molecule has 1 aromatic heterocycles. The van der Waals surface area contributed by atoms with Crippen LogP contribution in [0.25, 0.3) is 0 Å². The van der Waals surface area contributed by atoms with E-state index in [1.54, 1.807) is 6.92 Å². The molecule has 0 aromatic carbocycles. The first-order valence-corrected chi connectivity index (χ1v) is 8.90. The van der Waals surface area contributed by atoms with Gasteiger partial charge in [0.1, 0.15) is 12.4 Å². The zero-order valence-corrected chi connectivity index (χ0v) is 14.3. The predicted molar refractivity (Wildman–Crippen MR) is 85.0 cm³/mol. The molecule has 13 heteroatoms. The van der Waals surface area contributed by atoms with Gasteiger partial charge in [0.25, 0.3) is 0 Å². The van der Waals surface area contributed by atoms with Crippen LogP contribution in [0, 0.1) is 0 Å². The molecule has 0 bridgehead atoms. The molecule has 1 saturated heterocycles. The van der Waals surface area contributed by atoms with E-state index in [9.17, 15) is 19.0 Å². The molecule has 12 nitrogen and oxygen atoms in total. The van der Waals surface area contributed by atoms with E-state index in [-0.39, 0.29) is 18.8 Å². The van der Waals surface area contributed by atoms with Gasteiger partial charge >= 0.3 is 13.4 Å². The predicted octanol–water partition coefficient (Wildman–Crippen LogP) is -1.33. The van der Waals surface area contributed by atoms with Crippen molar-refractivity contribution in [3.05, 3.63) is 22.7 Å². The third-order valence-corrected chi connectivity index (χ3v) is 4.09. The molecule has 0 saturated carbocycles. The van der Waals surface area contributed by atoms with Crippen molar-refractivity contribution in [1.29, 1.82) is 0 Å². The van der Waals surface area contributed by atoms with E-state index in [2.05, 4.69) is 4.98 Å². The monoisotopic (exact) mass is 377 g/mol. The number of nitrogens with zero attached hydrogens (tertiary/aromatic N) is 2. The van der Waals surface area contributed by atoms with E-state index in [1.807, 2.05) is 5.09 Å². The zero-order chi connectivity index (χ0) is 18.6. The molecule has 1 aliphatic rings. The number of amides is 1. The number of nitrogens with two attached hydrogens (primary N) is 2. The third kappa shape index (κ3) is 5.88. The van der Waals surface area contributed by atoms with Crippen LogP contribution in [0.15, 0.2) is 17.1 Å². The summed E-state index contributed by atoms with van der Waals surface area (Å²) in [5, 5.41) is 1.85. The van der Waals surface area contributed by atoms with Crippen LogP contribution >= 0.6 is 7.75 Å². The summed E-state index contributed by atoms with van der Waals surface area (Å²) in [7, 11) is -4.38.